The van der Waals surface area contributed by atoms with Crippen molar-refractivity contribution in [3.8, 4) is 11.5 Å². The Hall–Kier alpha value is -4.32. The number of methoxy groups -OCH3 is 2. The first kappa shape index (κ1) is 27.3. The fourth-order valence-corrected chi connectivity index (χ4v) is 3.79. The smallest absolute Gasteiger partial charge is 0.508 e. The summed E-state index contributed by atoms with van der Waals surface area (Å²) >= 11 is 0. The number of halogens is 3. The van der Waals surface area contributed by atoms with Gasteiger partial charge in [0, 0.05) is 0 Å². The number of phenols is 1. The Morgan fingerprint density at radius 2 is 1.24 bits per heavy atom. The molecule has 194 valence electrons. The second-order valence-electron chi connectivity index (χ2n) is 7.37. The van der Waals surface area contributed by atoms with E-state index in [2.05, 4.69) is 13.7 Å². The third-order valence-corrected chi connectivity index (χ3v) is 5.99. The highest BCUT2D eigenvalue weighted by Gasteiger charge is 2.48. The number of hydrogen-bond donors (Lipinski definition) is 1. The zero-order valence-electron chi connectivity index (χ0n) is 19.3. The van der Waals surface area contributed by atoms with Gasteiger partial charge in [-0.15, -0.1) is 0 Å². The van der Waals surface area contributed by atoms with Gasteiger partial charge in [-0.05, 0) is 70.1 Å². The van der Waals surface area contributed by atoms with Crippen molar-refractivity contribution in [2.75, 3.05) is 14.2 Å². The van der Waals surface area contributed by atoms with Crippen LogP contribution < -0.4 is 4.18 Å². The molecule has 8 nitrogen and oxygen atoms in total. The average Bonchev–Trinajstić information content (AvgIpc) is 2.86. The van der Waals surface area contributed by atoms with E-state index in [0.29, 0.717) is 16.3 Å². The van der Waals surface area contributed by atoms with Gasteiger partial charge < -0.3 is 18.8 Å². The van der Waals surface area contributed by atoms with Crippen molar-refractivity contribution < 1.29 is 49.9 Å². The van der Waals surface area contributed by atoms with Crippen LogP contribution in [0.25, 0.3) is 21.5 Å². The van der Waals surface area contributed by atoms with Crippen LogP contribution in [0.1, 0.15) is 20.7 Å². The zero-order valence-corrected chi connectivity index (χ0v) is 20.1. The normalized spacial score (nSPS) is 11.4. The molecule has 37 heavy (non-hydrogen) atoms. The van der Waals surface area contributed by atoms with Crippen LogP contribution in [0.5, 0.6) is 11.5 Å². The molecule has 0 spiro atoms. The minimum absolute atomic E-state index is 0.185. The van der Waals surface area contributed by atoms with Gasteiger partial charge in [-0.2, -0.15) is 21.6 Å². The van der Waals surface area contributed by atoms with Gasteiger partial charge in [0.05, 0.1) is 25.3 Å². The van der Waals surface area contributed by atoms with Gasteiger partial charge in [-0.1, -0.05) is 24.3 Å². The summed E-state index contributed by atoms with van der Waals surface area (Å²) < 4.78 is 72.0. The number of ether oxygens (including phenoxy) is 2. The Labute approximate surface area is 208 Å². The lowest BCUT2D eigenvalue weighted by atomic mass is 10.0. The summed E-state index contributed by atoms with van der Waals surface area (Å²) in [5.41, 5.74) is -4.81. The van der Waals surface area contributed by atoms with Crippen LogP contribution in [0.4, 0.5) is 13.2 Å². The molecule has 0 unspecified atom stereocenters. The van der Waals surface area contributed by atoms with Crippen molar-refractivity contribution in [3.63, 3.8) is 0 Å². The summed E-state index contributed by atoms with van der Waals surface area (Å²) in [6.07, 6.45) is 0. The predicted octanol–water partition coefficient (Wildman–Crippen LogP) is 5.19. The van der Waals surface area contributed by atoms with Crippen molar-refractivity contribution in [3.05, 3.63) is 83.9 Å². The van der Waals surface area contributed by atoms with E-state index in [9.17, 15) is 36.3 Å². The van der Waals surface area contributed by atoms with Gasteiger partial charge in [0.25, 0.3) is 0 Å². The van der Waals surface area contributed by atoms with Crippen molar-refractivity contribution in [1.29, 1.82) is 0 Å². The maximum atomic E-state index is 12.3. The molecule has 12 heteroatoms. The van der Waals surface area contributed by atoms with Gasteiger partial charge in [0.1, 0.15) is 11.5 Å². The third-order valence-electron chi connectivity index (χ3n) is 5.02. The van der Waals surface area contributed by atoms with Gasteiger partial charge in [0.2, 0.25) is 0 Å². The number of rotatable bonds is 4. The maximum Gasteiger partial charge on any atom is 0.534 e. The van der Waals surface area contributed by atoms with Crippen LogP contribution in [0, 0.1) is 0 Å². The average molecular weight is 536 g/mol. The summed E-state index contributed by atoms with van der Waals surface area (Å²) in [6.45, 7) is 0. The lowest BCUT2D eigenvalue weighted by molar-refractivity contribution is -0.0500. The molecule has 0 heterocycles. The molecular formula is C25H19F3O8S. The largest absolute Gasteiger partial charge is 0.534 e. The van der Waals surface area contributed by atoms with E-state index in [-0.39, 0.29) is 17.3 Å². The van der Waals surface area contributed by atoms with E-state index in [1.807, 2.05) is 6.07 Å². The second-order valence-corrected chi connectivity index (χ2v) is 8.90. The molecule has 0 saturated heterocycles. The number of esters is 2. The van der Waals surface area contributed by atoms with Crippen molar-refractivity contribution in [2.45, 2.75) is 5.51 Å². The van der Waals surface area contributed by atoms with Crippen LogP contribution in [0.15, 0.2) is 72.8 Å². The minimum atomic E-state index is -5.74. The summed E-state index contributed by atoms with van der Waals surface area (Å²) in [4.78, 5) is 23.0. The van der Waals surface area contributed by atoms with Crippen molar-refractivity contribution >= 4 is 43.6 Å². The standard InChI is InChI=1S/C13H9F3O5S.C12H10O3/c1-20-12(17)11-4-2-3-8-7-9(5-6-10(8)11)21-22(18,19)13(14,15)16;1-15-12(14)11-4-2-3-8-7-9(13)5-6-10(8)11/h2-7H,1H3;2-7,13H,1H3. The van der Waals surface area contributed by atoms with E-state index in [1.165, 1.54) is 38.5 Å². The molecule has 0 saturated carbocycles. The number of aromatic hydroxyl groups is 1. The third kappa shape index (κ3) is 6.09. The number of fused-ring (bicyclic) bond motifs is 2. The number of carbonyl (C=O) groups is 2. The molecule has 0 amide bonds. The first-order valence-electron chi connectivity index (χ1n) is 10.3. The summed E-state index contributed by atoms with van der Waals surface area (Å²) in [5.74, 6) is -1.31. The van der Waals surface area contributed by atoms with Gasteiger partial charge in [-0.25, -0.2) is 9.59 Å². The van der Waals surface area contributed by atoms with Crippen LogP contribution in [-0.2, 0) is 19.6 Å². The fraction of sp³-hybridized carbons (Fsp3) is 0.120. The number of benzene rings is 4. The summed E-state index contributed by atoms with van der Waals surface area (Å²) in [6, 6.07) is 18.0. The quantitative estimate of drug-likeness (QED) is 0.215. The zero-order chi connectivity index (χ0) is 27.4. The fourth-order valence-electron chi connectivity index (χ4n) is 3.33. The Morgan fingerprint density at radius 3 is 1.73 bits per heavy atom. The Morgan fingerprint density at radius 1 is 0.757 bits per heavy atom. The van der Waals surface area contributed by atoms with Crippen molar-refractivity contribution in [1.82, 2.24) is 0 Å². The molecule has 0 aliphatic carbocycles. The van der Waals surface area contributed by atoms with Crippen LogP contribution in [0.2, 0.25) is 0 Å². The van der Waals surface area contributed by atoms with E-state index >= 15 is 0 Å². The Kier molecular flexibility index (Phi) is 7.92. The molecule has 4 aromatic rings. The van der Waals surface area contributed by atoms with E-state index in [1.54, 1.807) is 30.3 Å². The number of hydrogen-bond acceptors (Lipinski definition) is 8. The monoisotopic (exact) mass is 536 g/mol. The van der Waals surface area contributed by atoms with Crippen LogP contribution in [-0.4, -0.2) is 45.2 Å². The Balaban J connectivity index is 0.000000220. The lowest BCUT2D eigenvalue weighted by Crippen LogP contribution is -2.28. The highest BCUT2D eigenvalue weighted by molar-refractivity contribution is 7.88. The minimum Gasteiger partial charge on any atom is -0.508 e. The van der Waals surface area contributed by atoms with Crippen LogP contribution >= 0.6 is 0 Å². The molecule has 0 fully saturated rings. The highest BCUT2D eigenvalue weighted by Crippen LogP contribution is 2.30. The molecule has 4 rings (SSSR count). The van der Waals surface area contributed by atoms with Crippen LogP contribution in [0.3, 0.4) is 0 Å². The second kappa shape index (κ2) is 10.7. The first-order chi connectivity index (χ1) is 17.4. The van der Waals surface area contributed by atoms with Gasteiger partial charge in [0.15, 0.2) is 0 Å². The van der Waals surface area contributed by atoms with Gasteiger partial charge in [-0.3, -0.25) is 0 Å². The summed E-state index contributed by atoms with van der Waals surface area (Å²) in [7, 11) is -3.20. The molecule has 0 radical (unpaired) electrons. The first-order valence-corrected chi connectivity index (χ1v) is 11.7. The molecule has 0 bridgehead atoms. The number of alkyl halides is 3. The van der Waals surface area contributed by atoms with E-state index < -0.39 is 27.3 Å². The lowest BCUT2D eigenvalue weighted by Gasteiger charge is -2.10. The molecule has 0 aliphatic rings. The molecular weight excluding hydrogens is 517 g/mol. The molecule has 0 aliphatic heterocycles. The maximum absolute atomic E-state index is 12.3. The summed E-state index contributed by atoms with van der Waals surface area (Å²) in [5, 5.41) is 11.6. The Bertz CT molecular complexity index is 1580. The van der Waals surface area contributed by atoms with E-state index in [4.69, 9.17) is 0 Å². The molecule has 0 aromatic heterocycles. The SMILES string of the molecule is COC(=O)c1cccc2cc(O)ccc12.COC(=O)c1cccc2cc(OS(=O)(=O)C(F)(F)F)ccc12. The van der Waals surface area contributed by atoms with E-state index in [0.717, 1.165) is 22.9 Å². The molecule has 0 atom stereocenters. The topological polar surface area (TPSA) is 116 Å². The molecule has 1 N–H and O–H groups in total. The number of carbonyl (C=O) groups excluding carboxylic acids is 2. The van der Waals surface area contributed by atoms with Crippen molar-refractivity contribution in [2.24, 2.45) is 0 Å². The molecule has 4 aromatic carbocycles. The number of phenolic OH excluding ortho intramolecular Hbond substituents is 1. The van der Waals surface area contributed by atoms with Gasteiger partial charge >= 0.3 is 27.6 Å². The highest BCUT2D eigenvalue weighted by atomic mass is 32.2. The predicted molar refractivity (Wildman–Crippen MR) is 128 cm³/mol.